The first kappa shape index (κ1) is 7.63. The molecule has 0 aliphatic rings. The first-order chi connectivity index (χ1) is 4.74. The van der Waals surface area contributed by atoms with Crippen molar-refractivity contribution in [1.29, 1.82) is 0 Å². The Balaban J connectivity index is 3.07. The molecule has 0 amide bonds. The summed E-state index contributed by atoms with van der Waals surface area (Å²) >= 11 is 11.2. The average Bonchev–Trinajstić information content (AvgIpc) is 1.88. The monoisotopic (exact) mass is 177 g/mol. The predicted octanol–water partition coefficient (Wildman–Crippen LogP) is 2.40. The molecule has 0 fully saturated rings. The van der Waals surface area contributed by atoms with E-state index in [9.17, 15) is 0 Å². The molecule has 1 aromatic heterocycles. The summed E-state index contributed by atoms with van der Waals surface area (Å²) in [4.78, 5) is 3.77. The Morgan fingerprint density at radius 3 is 2.70 bits per heavy atom. The van der Waals surface area contributed by atoms with Crippen LogP contribution in [0.4, 0.5) is 0 Å². The zero-order valence-corrected chi connectivity index (χ0v) is 6.78. The average molecular weight is 178 g/mol. The van der Waals surface area contributed by atoms with Crippen LogP contribution in [0.25, 0.3) is 0 Å². The molecular formula is C6H5Cl2NO. The lowest BCUT2D eigenvalue weighted by Crippen LogP contribution is -1.85. The number of halogens is 2. The third-order valence-electron chi connectivity index (χ3n) is 1.01. The van der Waals surface area contributed by atoms with E-state index in [-0.39, 0.29) is 0 Å². The molecule has 0 saturated heterocycles. The Morgan fingerprint density at radius 1 is 1.50 bits per heavy atom. The Morgan fingerprint density at radius 2 is 2.20 bits per heavy atom. The Bertz CT molecular complexity index is 239. The summed E-state index contributed by atoms with van der Waals surface area (Å²) in [5.74, 6) is 0.533. The summed E-state index contributed by atoms with van der Waals surface area (Å²) in [6.07, 6.45) is 1.48. The number of rotatable bonds is 1. The Kier molecular flexibility index (Phi) is 2.35. The minimum absolute atomic E-state index is 0.366. The molecule has 0 aliphatic carbocycles. The van der Waals surface area contributed by atoms with Crippen LogP contribution in [0.1, 0.15) is 0 Å². The van der Waals surface area contributed by atoms with Crippen LogP contribution >= 0.6 is 23.2 Å². The third-order valence-corrected chi connectivity index (χ3v) is 1.51. The molecule has 1 rings (SSSR count). The van der Waals surface area contributed by atoms with Crippen LogP contribution < -0.4 is 4.74 Å². The van der Waals surface area contributed by atoms with Gasteiger partial charge in [0.1, 0.15) is 5.15 Å². The summed E-state index contributed by atoms with van der Waals surface area (Å²) in [5.41, 5.74) is 0. The second-order valence-electron chi connectivity index (χ2n) is 1.64. The van der Waals surface area contributed by atoms with E-state index in [0.29, 0.717) is 15.9 Å². The van der Waals surface area contributed by atoms with Crippen LogP contribution in [0, 0.1) is 0 Å². The van der Waals surface area contributed by atoms with Gasteiger partial charge in [0.05, 0.1) is 18.3 Å². The summed E-state index contributed by atoms with van der Waals surface area (Å²) in [6.45, 7) is 0. The van der Waals surface area contributed by atoms with Crippen molar-refractivity contribution in [2.24, 2.45) is 0 Å². The Hall–Kier alpha value is -0.470. The number of hydrogen-bond acceptors (Lipinski definition) is 2. The lowest BCUT2D eigenvalue weighted by Gasteiger charge is -1.99. The molecule has 0 radical (unpaired) electrons. The highest BCUT2D eigenvalue weighted by Crippen LogP contribution is 2.24. The molecule has 54 valence electrons. The molecule has 10 heavy (non-hydrogen) atoms. The normalized spacial score (nSPS) is 9.50. The zero-order valence-electron chi connectivity index (χ0n) is 5.27. The van der Waals surface area contributed by atoms with Crippen molar-refractivity contribution >= 4 is 23.2 Å². The van der Waals surface area contributed by atoms with Crippen LogP contribution in [0.3, 0.4) is 0 Å². The lowest BCUT2D eigenvalue weighted by atomic mass is 10.5. The SMILES string of the molecule is COc1cnc(Cl)cc1Cl. The maximum atomic E-state index is 5.68. The van der Waals surface area contributed by atoms with Crippen molar-refractivity contribution in [3.63, 3.8) is 0 Å². The number of ether oxygens (including phenoxy) is 1. The van der Waals surface area contributed by atoms with Crippen molar-refractivity contribution in [3.8, 4) is 5.75 Å². The molecule has 0 atom stereocenters. The smallest absolute Gasteiger partial charge is 0.155 e. The minimum atomic E-state index is 0.366. The van der Waals surface area contributed by atoms with E-state index < -0.39 is 0 Å². The van der Waals surface area contributed by atoms with Crippen LogP contribution in [0.5, 0.6) is 5.75 Å². The van der Waals surface area contributed by atoms with Crippen LogP contribution in [0.15, 0.2) is 12.3 Å². The molecular weight excluding hydrogens is 173 g/mol. The summed E-state index contributed by atoms with van der Waals surface area (Å²) in [6, 6.07) is 1.53. The standard InChI is InChI=1S/C6H5Cl2NO/c1-10-5-3-9-6(8)2-4(5)7/h2-3H,1H3. The van der Waals surface area contributed by atoms with Gasteiger partial charge in [-0.3, -0.25) is 0 Å². The van der Waals surface area contributed by atoms with Gasteiger partial charge in [-0.25, -0.2) is 4.98 Å². The van der Waals surface area contributed by atoms with Gasteiger partial charge in [-0.1, -0.05) is 23.2 Å². The molecule has 0 unspecified atom stereocenters. The quantitative estimate of drug-likeness (QED) is 0.616. The van der Waals surface area contributed by atoms with Crippen LogP contribution in [-0.2, 0) is 0 Å². The fourth-order valence-electron chi connectivity index (χ4n) is 0.545. The largest absolute Gasteiger partial charge is 0.494 e. The van der Waals surface area contributed by atoms with Crippen LogP contribution in [0.2, 0.25) is 10.2 Å². The van der Waals surface area contributed by atoms with Crippen molar-refractivity contribution in [3.05, 3.63) is 22.4 Å². The van der Waals surface area contributed by atoms with Crippen LogP contribution in [-0.4, -0.2) is 12.1 Å². The fraction of sp³-hybridized carbons (Fsp3) is 0.167. The minimum Gasteiger partial charge on any atom is -0.494 e. The molecule has 0 bridgehead atoms. The zero-order chi connectivity index (χ0) is 7.56. The molecule has 0 N–H and O–H groups in total. The number of hydrogen-bond donors (Lipinski definition) is 0. The van der Waals surface area contributed by atoms with E-state index in [4.69, 9.17) is 27.9 Å². The van der Waals surface area contributed by atoms with Gasteiger partial charge in [0.2, 0.25) is 0 Å². The topological polar surface area (TPSA) is 22.1 Å². The van der Waals surface area contributed by atoms with E-state index >= 15 is 0 Å². The van der Waals surface area contributed by atoms with Gasteiger partial charge in [-0.05, 0) is 6.07 Å². The van der Waals surface area contributed by atoms with Crippen molar-refractivity contribution in [2.75, 3.05) is 7.11 Å². The molecule has 2 nitrogen and oxygen atoms in total. The van der Waals surface area contributed by atoms with Crippen molar-refractivity contribution < 1.29 is 4.74 Å². The van der Waals surface area contributed by atoms with Gasteiger partial charge in [-0.15, -0.1) is 0 Å². The van der Waals surface area contributed by atoms with Crippen molar-refractivity contribution in [1.82, 2.24) is 4.98 Å². The highest BCUT2D eigenvalue weighted by Gasteiger charge is 1.99. The number of aromatic nitrogens is 1. The highest BCUT2D eigenvalue weighted by molar-refractivity contribution is 6.34. The van der Waals surface area contributed by atoms with Gasteiger partial charge in [-0.2, -0.15) is 0 Å². The molecule has 0 saturated carbocycles. The van der Waals surface area contributed by atoms with E-state index in [2.05, 4.69) is 4.98 Å². The first-order valence-electron chi connectivity index (χ1n) is 2.59. The molecule has 1 heterocycles. The van der Waals surface area contributed by atoms with E-state index in [0.717, 1.165) is 0 Å². The van der Waals surface area contributed by atoms with Gasteiger partial charge >= 0.3 is 0 Å². The summed E-state index contributed by atoms with van der Waals surface area (Å²) < 4.78 is 4.85. The maximum absolute atomic E-state index is 5.68. The van der Waals surface area contributed by atoms with Gasteiger partial charge in [0.25, 0.3) is 0 Å². The molecule has 1 aromatic rings. The highest BCUT2D eigenvalue weighted by atomic mass is 35.5. The van der Waals surface area contributed by atoms with E-state index in [1.807, 2.05) is 0 Å². The Labute approximate surface area is 68.7 Å². The van der Waals surface area contributed by atoms with E-state index in [1.165, 1.54) is 19.4 Å². The first-order valence-corrected chi connectivity index (χ1v) is 3.34. The van der Waals surface area contributed by atoms with E-state index in [1.54, 1.807) is 0 Å². The number of methoxy groups -OCH3 is 1. The van der Waals surface area contributed by atoms with Crippen molar-refractivity contribution in [2.45, 2.75) is 0 Å². The number of pyridine rings is 1. The second-order valence-corrected chi connectivity index (χ2v) is 2.44. The van der Waals surface area contributed by atoms with Gasteiger partial charge < -0.3 is 4.74 Å². The summed E-state index contributed by atoms with van der Waals surface area (Å²) in [7, 11) is 1.52. The fourth-order valence-corrected chi connectivity index (χ4v) is 0.988. The van der Waals surface area contributed by atoms with Gasteiger partial charge in [0, 0.05) is 0 Å². The second kappa shape index (κ2) is 3.08. The third kappa shape index (κ3) is 1.52. The predicted molar refractivity (Wildman–Crippen MR) is 40.8 cm³/mol. The van der Waals surface area contributed by atoms with Gasteiger partial charge in [0.15, 0.2) is 5.75 Å². The summed E-state index contributed by atoms with van der Waals surface area (Å²) in [5, 5.41) is 0.841. The lowest BCUT2D eigenvalue weighted by molar-refractivity contribution is 0.413. The maximum Gasteiger partial charge on any atom is 0.155 e. The molecule has 0 aromatic carbocycles. The molecule has 4 heteroatoms. The molecule has 0 spiro atoms. The number of nitrogens with zero attached hydrogens (tertiary/aromatic N) is 1. The molecule has 0 aliphatic heterocycles.